The van der Waals surface area contributed by atoms with Crippen molar-refractivity contribution in [3.8, 4) is 5.82 Å². The van der Waals surface area contributed by atoms with E-state index in [1.54, 1.807) is 48.0 Å². The van der Waals surface area contributed by atoms with Crippen LogP contribution < -0.4 is 16.4 Å². The van der Waals surface area contributed by atoms with Gasteiger partial charge in [0.05, 0.1) is 10.9 Å². The fourth-order valence-corrected chi connectivity index (χ4v) is 4.89. The molecule has 11 nitrogen and oxygen atoms in total. The largest absolute Gasteiger partial charge is 0.351 e. The van der Waals surface area contributed by atoms with Gasteiger partial charge < -0.3 is 16.4 Å². The lowest BCUT2D eigenvalue weighted by Gasteiger charge is -2.35. The van der Waals surface area contributed by atoms with Crippen LogP contribution in [0.25, 0.3) is 5.82 Å². The Morgan fingerprint density at radius 3 is 2.49 bits per heavy atom. The van der Waals surface area contributed by atoms with E-state index in [1.807, 2.05) is 13.0 Å². The molecule has 1 atom stereocenters. The summed E-state index contributed by atoms with van der Waals surface area (Å²) in [5.41, 5.74) is 8.49. The van der Waals surface area contributed by atoms with Crippen LogP contribution in [0.15, 0.2) is 72.1 Å². The third-order valence-electron chi connectivity index (χ3n) is 6.54. The van der Waals surface area contributed by atoms with E-state index < -0.39 is 28.0 Å². The number of alkyl halides is 2. The lowest BCUT2D eigenvalue weighted by Crippen LogP contribution is -2.44. The maximum absolute atomic E-state index is 13.1. The Bertz CT molecular complexity index is 1690. The second-order valence-corrected chi connectivity index (χ2v) is 11.9. The minimum absolute atomic E-state index is 0.0666. The Morgan fingerprint density at radius 1 is 1.19 bits per heavy atom. The number of rotatable bonds is 8. The summed E-state index contributed by atoms with van der Waals surface area (Å²) in [6.45, 7) is 3.83. The van der Waals surface area contributed by atoms with Crippen LogP contribution in [0.1, 0.15) is 46.1 Å². The van der Waals surface area contributed by atoms with Gasteiger partial charge in [-0.05, 0) is 43.7 Å². The van der Waals surface area contributed by atoms with Gasteiger partial charge in [0.15, 0.2) is 0 Å². The van der Waals surface area contributed by atoms with Gasteiger partial charge in [0, 0.05) is 48.4 Å². The van der Waals surface area contributed by atoms with Gasteiger partial charge in [-0.2, -0.15) is 13.4 Å². The van der Waals surface area contributed by atoms with E-state index in [9.17, 15) is 22.0 Å². The van der Waals surface area contributed by atoms with Crippen molar-refractivity contribution in [2.24, 2.45) is 5.73 Å². The second-order valence-electron chi connectivity index (χ2n) is 10.1. The van der Waals surface area contributed by atoms with Gasteiger partial charge in [-0.25, -0.2) is 18.7 Å². The number of anilines is 1. The van der Waals surface area contributed by atoms with Crippen molar-refractivity contribution >= 4 is 33.6 Å². The molecule has 5 N–H and O–H groups in total. The molecule has 0 saturated heterocycles. The summed E-state index contributed by atoms with van der Waals surface area (Å²) in [7, 11) is -4.02. The third kappa shape index (κ3) is 8.54. The molecule has 15 heteroatoms. The first-order valence-corrected chi connectivity index (χ1v) is 14.9. The molecule has 1 saturated carbocycles. The molecule has 228 valence electrons. The highest BCUT2D eigenvalue weighted by molar-refractivity contribution is 7.85. The van der Waals surface area contributed by atoms with E-state index in [1.165, 1.54) is 24.7 Å². The summed E-state index contributed by atoms with van der Waals surface area (Å²) in [5, 5.41) is 6.32. The summed E-state index contributed by atoms with van der Waals surface area (Å²) in [6.07, 6.45) is 4.10. The number of carbonyl (C=O) groups excluding carboxylic acids is 1. The average Bonchev–Trinajstić information content (AvgIpc) is 3.42. The van der Waals surface area contributed by atoms with Crippen molar-refractivity contribution in [2.45, 2.75) is 49.6 Å². The zero-order chi connectivity index (χ0) is 31.4. The maximum atomic E-state index is 13.1. The highest BCUT2D eigenvalue weighted by Gasteiger charge is 2.45. The Kier molecular flexibility index (Phi) is 9.75. The van der Waals surface area contributed by atoms with E-state index in [-0.39, 0.29) is 42.0 Å². The summed E-state index contributed by atoms with van der Waals surface area (Å²) in [4.78, 5) is 25.4. The molecule has 2 aromatic carbocycles. The zero-order valence-electron chi connectivity index (χ0n) is 23.2. The number of imidazole rings is 1. The number of carbonyl (C=O) groups is 1. The molecular weight excluding hydrogens is 604 g/mol. The SMILES string of the molecule is Cc1ccc(S(=O)(=O)O)cc1.Cc1cnc(NC2CC(F)(F)C2)nc1-n1cnc(C(=O)N[C@H](CN)c2cccc(Cl)c2)c1. The minimum Gasteiger partial charge on any atom is -0.351 e. The molecule has 4 aromatic rings. The summed E-state index contributed by atoms with van der Waals surface area (Å²) >= 11 is 6.03. The summed E-state index contributed by atoms with van der Waals surface area (Å²) < 4.78 is 57.3. The Balaban J connectivity index is 0.000000324. The lowest BCUT2D eigenvalue weighted by atomic mass is 9.88. The van der Waals surface area contributed by atoms with Gasteiger partial charge in [0.2, 0.25) is 5.95 Å². The Hall–Kier alpha value is -3.98. The number of halogens is 3. The molecule has 2 aromatic heterocycles. The fraction of sp³-hybridized carbons (Fsp3) is 0.286. The van der Waals surface area contributed by atoms with E-state index in [0.29, 0.717) is 10.8 Å². The number of aryl methyl sites for hydroxylation is 2. The number of aromatic nitrogens is 4. The van der Waals surface area contributed by atoms with Crippen LogP contribution in [-0.4, -0.2) is 56.9 Å². The molecule has 1 aliphatic carbocycles. The van der Waals surface area contributed by atoms with Crippen LogP contribution in [0.3, 0.4) is 0 Å². The monoisotopic (exact) mass is 633 g/mol. The molecule has 0 spiro atoms. The van der Waals surface area contributed by atoms with Crippen molar-refractivity contribution in [1.82, 2.24) is 24.8 Å². The van der Waals surface area contributed by atoms with Gasteiger partial charge in [0.25, 0.3) is 21.9 Å². The molecule has 0 unspecified atom stereocenters. The number of nitrogens with one attached hydrogen (secondary N) is 2. The first-order valence-electron chi connectivity index (χ1n) is 13.1. The smallest absolute Gasteiger partial charge is 0.294 e. The number of nitrogens with zero attached hydrogens (tertiary/aromatic N) is 4. The molecule has 43 heavy (non-hydrogen) atoms. The maximum Gasteiger partial charge on any atom is 0.294 e. The van der Waals surface area contributed by atoms with Crippen LogP contribution in [0.5, 0.6) is 0 Å². The fourth-order valence-electron chi connectivity index (χ4n) is 4.21. The van der Waals surface area contributed by atoms with Crippen LogP contribution in [0, 0.1) is 13.8 Å². The Morgan fingerprint density at radius 2 is 1.88 bits per heavy atom. The first kappa shape index (κ1) is 31.9. The lowest BCUT2D eigenvalue weighted by molar-refractivity contribution is -0.0794. The van der Waals surface area contributed by atoms with Crippen LogP contribution in [0.4, 0.5) is 14.7 Å². The average molecular weight is 634 g/mol. The van der Waals surface area contributed by atoms with Gasteiger partial charge >= 0.3 is 0 Å². The molecule has 0 bridgehead atoms. The highest BCUT2D eigenvalue weighted by Crippen LogP contribution is 2.38. The second kappa shape index (κ2) is 13.1. The van der Waals surface area contributed by atoms with Crippen LogP contribution >= 0.6 is 11.6 Å². The minimum atomic E-state index is -4.02. The number of nitrogens with two attached hydrogens (primary N) is 1. The van der Waals surface area contributed by atoms with Gasteiger partial charge in [-0.1, -0.05) is 41.4 Å². The molecule has 2 heterocycles. The standard InChI is InChI=1S/C21H22ClF2N7O.C7H8O3S/c1-12-9-26-20(28-15-6-21(23,24)7-15)30-18(12)31-10-17(27-11-31)19(32)29-16(8-25)13-3-2-4-14(22)5-13;1-6-2-4-7(5-3-6)11(8,9)10/h2-5,9-11,15-16H,6-8,25H2,1H3,(H,29,32)(H,26,28,30);2-5H,1H3,(H,8,9,10)/t16-;/m1./s1. The summed E-state index contributed by atoms with van der Waals surface area (Å²) in [6, 6.07) is 12.3. The zero-order valence-corrected chi connectivity index (χ0v) is 24.8. The molecule has 0 aliphatic heterocycles. The number of amides is 1. The number of benzene rings is 2. The van der Waals surface area contributed by atoms with E-state index in [2.05, 4.69) is 25.6 Å². The molecule has 1 amide bonds. The Labute approximate surface area is 252 Å². The van der Waals surface area contributed by atoms with Gasteiger partial charge in [-0.15, -0.1) is 0 Å². The van der Waals surface area contributed by atoms with Crippen molar-refractivity contribution in [1.29, 1.82) is 0 Å². The summed E-state index contributed by atoms with van der Waals surface area (Å²) in [5.74, 6) is -2.30. The quantitative estimate of drug-likeness (QED) is 0.204. The van der Waals surface area contributed by atoms with Gasteiger partial charge in [0.1, 0.15) is 17.8 Å². The van der Waals surface area contributed by atoms with Crippen molar-refractivity contribution < 1.29 is 26.5 Å². The molecular formula is C28H30ClF2N7O4S. The molecule has 0 radical (unpaired) electrons. The third-order valence-corrected chi connectivity index (χ3v) is 7.64. The first-order chi connectivity index (χ1) is 20.2. The highest BCUT2D eigenvalue weighted by atomic mass is 35.5. The van der Waals surface area contributed by atoms with Crippen molar-refractivity contribution in [3.05, 3.63) is 94.7 Å². The van der Waals surface area contributed by atoms with Gasteiger partial charge in [-0.3, -0.25) is 13.9 Å². The number of hydrogen-bond donors (Lipinski definition) is 4. The normalized spacial score (nSPS) is 15.0. The predicted molar refractivity (Wildman–Crippen MR) is 157 cm³/mol. The van der Waals surface area contributed by atoms with E-state index in [4.69, 9.17) is 21.9 Å². The van der Waals surface area contributed by atoms with E-state index >= 15 is 0 Å². The van der Waals surface area contributed by atoms with Crippen molar-refractivity contribution in [3.63, 3.8) is 0 Å². The van der Waals surface area contributed by atoms with Crippen LogP contribution in [-0.2, 0) is 10.1 Å². The topological polar surface area (TPSA) is 165 Å². The molecule has 5 rings (SSSR count). The molecule has 1 fully saturated rings. The van der Waals surface area contributed by atoms with E-state index in [0.717, 1.165) is 16.7 Å². The van der Waals surface area contributed by atoms with Crippen molar-refractivity contribution in [2.75, 3.05) is 11.9 Å². The number of hydrogen-bond acceptors (Lipinski definition) is 8. The predicted octanol–water partition coefficient (Wildman–Crippen LogP) is 4.51. The van der Waals surface area contributed by atoms with Crippen LogP contribution in [0.2, 0.25) is 5.02 Å². The molecule has 1 aliphatic rings.